The molecule has 1 amide bonds. The summed E-state index contributed by atoms with van der Waals surface area (Å²) in [5.74, 6) is -1.51. The van der Waals surface area contributed by atoms with Crippen LogP contribution in [0.2, 0.25) is 0 Å². The number of Topliss-reactive ketones (excluding diaryl/α,β-unsaturated/α-hetero) is 1. The predicted molar refractivity (Wildman–Crippen MR) is 63.6 cm³/mol. The molecule has 3 atom stereocenters. The first-order valence-corrected chi connectivity index (χ1v) is 6.23. The number of carbonyl (C=O) groups is 3. The number of ketones is 1. The molecule has 0 aromatic rings. The molecule has 2 bridgehead atoms. The Kier molecular flexibility index (Phi) is 2.95. The fourth-order valence-electron chi connectivity index (χ4n) is 2.92. The molecule has 2 saturated heterocycles. The second kappa shape index (κ2) is 4.07. The highest BCUT2D eigenvalue weighted by Crippen LogP contribution is 2.41. The van der Waals surface area contributed by atoms with E-state index < -0.39 is 23.3 Å². The van der Waals surface area contributed by atoms with Gasteiger partial charge >= 0.3 is 5.97 Å². The predicted octanol–water partition coefficient (Wildman–Crippen LogP) is 0.764. The first-order valence-electron chi connectivity index (χ1n) is 6.23. The number of rotatable bonds is 1. The van der Waals surface area contributed by atoms with Crippen molar-refractivity contribution in [2.75, 3.05) is 7.11 Å². The Hall–Kier alpha value is -1.39. The lowest BCUT2D eigenvalue weighted by Crippen LogP contribution is -2.44. The zero-order valence-electron chi connectivity index (χ0n) is 11.2. The van der Waals surface area contributed by atoms with Crippen LogP contribution in [0.4, 0.5) is 0 Å². The highest BCUT2D eigenvalue weighted by molar-refractivity contribution is 6.07. The molecule has 2 rings (SSSR count). The number of esters is 1. The molecule has 18 heavy (non-hydrogen) atoms. The van der Waals surface area contributed by atoms with E-state index in [0.717, 1.165) is 0 Å². The van der Waals surface area contributed by atoms with Gasteiger partial charge in [-0.15, -0.1) is 0 Å². The van der Waals surface area contributed by atoms with Gasteiger partial charge in [-0.3, -0.25) is 14.4 Å². The molecular formula is C13H19NO4. The standard InChI is InChI=1S/C13H19NO4/c1-13(2,3)12(17)14-7-5-6-8(14)10(15)9(7)11(16)18-4/h7-9H,5-6H2,1-4H3. The van der Waals surface area contributed by atoms with Crippen LogP contribution in [0.3, 0.4) is 0 Å². The lowest BCUT2D eigenvalue weighted by molar-refractivity contribution is -0.149. The van der Waals surface area contributed by atoms with E-state index in [2.05, 4.69) is 4.74 Å². The van der Waals surface area contributed by atoms with E-state index >= 15 is 0 Å². The molecule has 0 aromatic heterocycles. The zero-order valence-corrected chi connectivity index (χ0v) is 11.2. The Morgan fingerprint density at radius 3 is 2.39 bits per heavy atom. The van der Waals surface area contributed by atoms with Gasteiger partial charge in [0.25, 0.3) is 0 Å². The molecule has 2 fully saturated rings. The molecule has 0 aliphatic carbocycles. The van der Waals surface area contributed by atoms with Crippen LogP contribution in [0.1, 0.15) is 33.6 Å². The Balaban J connectivity index is 2.29. The summed E-state index contributed by atoms with van der Waals surface area (Å²) in [4.78, 5) is 37.7. The second-order valence-corrected chi connectivity index (χ2v) is 6.03. The van der Waals surface area contributed by atoms with Gasteiger partial charge in [0.05, 0.1) is 19.2 Å². The van der Waals surface area contributed by atoms with Crippen molar-refractivity contribution in [3.63, 3.8) is 0 Å². The van der Waals surface area contributed by atoms with Crippen molar-refractivity contribution in [1.82, 2.24) is 4.90 Å². The summed E-state index contributed by atoms with van der Waals surface area (Å²) in [6.45, 7) is 5.47. The van der Waals surface area contributed by atoms with Gasteiger partial charge in [0.2, 0.25) is 5.91 Å². The Morgan fingerprint density at radius 1 is 1.28 bits per heavy atom. The quantitative estimate of drug-likeness (QED) is 0.511. The van der Waals surface area contributed by atoms with Gasteiger partial charge in [-0.2, -0.15) is 0 Å². The molecule has 2 heterocycles. The van der Waals surface area contributed by atoms with Gasteiger partial charge in [0, 0.05) is 5.41 Å². The number of hydrogen-bond acceptors (Lipinski definition) is 4. The summed E-state index contributed by atoms with van der Waals surface area (Å²) < 4.78 is 4.67. The first kappa shape index (κ1) is 13.1. The van der Waals surface area contributed by atoms with E-state index in [9.17, 15) is 14.4 Å². The molecule has 0 saturated carbocycles. The largest absolute Gasteiger partial charge is 0.468 e. The smallest absolute Gasteiger partial charge is 0.318 e. The van der Waals surface area contributed by atoms with E-state index in [-0.39, 0.29) is 17.7 Å². The van der Waals surface area contributed by atoms with Crippen LogP contribution in [0, 0.1) is 11.3 Å². The molecule has 0 N–H and O–H groups in total. The van der Waals surface area contributed by atoms with E-state index in [0.29, 0.717) is 12.8 Å². The zero-order chi connectivity index (χ0) is 13.7. The molecule has 0 spiro atoms. The third-order valence-electron chi connectivity index (χ3n) is 3.78. The lowest BCUT2D eigenvalue weighted by Gasteiger charge is -2.29. The summed E-state index contributed by atoms with van der Waals surface area (Å²) in [6, 6.07) is -0.729. The maximum absolute atomic E-state index is 12.4. The van der Waals surface area contributed by atoms with Crippen molar-refractivity contribution < 1.29 is 19.1 Å². The van der Waals surface area contributed by atoms with Crippen molar-refractivity contribution in [3.05, 3.63) is 0 Å². The molecule has 2 aliphatic heterocycles. The molecule has 2 aliphatic rings. The number of hydrogen-bond donors (Lipinski definition) is 0. The summed E-state index contributed by atoms with van der Waals surface area (Å²) >= 11 is 0. The number of methoxy groups -OCH3 is 1. The minimum absolute atomic E-state index is 0.0604. The van der Waals surface area contributed by atoms with Gasteiger partial charge < -0.3 is 9.64 Å². The van der Waals surface area contributed by atoms with Crippen LogP contribution in [-0.4, -0.2) is 41.8 Å². The molecule has 5 heteroatoms. The Morgan fingerprint density at radius 2 is 1.89 bits per heavy atom. The maximum Gasteiger partial charge on any atom is 0.318 e. The fraction of sp³-hybridized carbons (Fsp3) is 0.769. The van der Waals surface area contributed by atoms with Crippen molar-refractivity contribution >= 4 is 17.7 Å². The van der Waals surface area contributed by atoms with E-state index in [4.69, 9.17) is 0 Å². The van der Waals surface area contributed by atoms with E-state index in [1.807, 2.05) is 20.8 Å². The Labute approximate surface area is 106 Å². The monoisotopic (exact) mass is 253 g/mol. The van der Waals surface area contributed by atoms with Gasteiger partial charge in [-0.1, -0.05) is 20.8 Å². The second-order valence-electron chi connectivity index (χ2n) is 6.03. The van der Waals surface area contributed by atoms with Crippen molar-refractivity contribution in [3.8, 4) is 0 Å². The Bertz CT molecular complexity index is 410. The highest BCUT2D eigenvalue weighted by atomic mass is 16.5. The molecule has 100 valence electrons. The van der Waals surface area contributed by atoms with Crippen LogP contribution < -0.4 is 0 Å². The fourth-order valence-corrected chi connectivity index (χ4v) is 2.92. The van der Waals surface area contributed by atoms with Crippen molar-refractivity contribution in [1.29, 1.82) is 0 Å². The van der Waals surface area contributed by atoms with Crippen molar-refractivity contribution in [2.45, 2.75) is 45.7 Å². The summed E-state index contributed by atoms with van der Waals surface area (Å²) in [5.41, 5.74) is -0.536. The number of carbonyl (C=O) groups excluding carboxylic acids is 3. The minimum atomic E-state index is -0.778. The average molecular weight is 253 g/mol. The summed E-state index contributed by atoms with van der Waals surface area (Å²) in [6.07, 6.45) is 1.37. The molecule has 0 radical (unpaired) electrons. The first-order chi connectivity index (χ1) is 8.29. The molecule has 5 nitrogen and oxygen atoms in total. The van der Waals surface area contributed by atoms with Crippen LogP contribution in [0.25, 0.3) is 0 Å². The normalized spacial score (nSPS) is 30.8. The third-order valence-corrected chi connectivity index (χ3v) is 3.78. The number of nitrogens with zero attached hydrogens (tertiary/aromatic N) is 1. The lowest BCUT2D eigenvalue weighted by atomic mass is 9.88. The maximum atomic E-state index is 12.4. The third kappa shape index (κ3) is 1.72. The average Bonchev–Trinajstić information content (AvgIpc) is 2.81. The molecular weight excluding hydrogens is 234 g/mol. The van der Waals surface area contributed by atoms with Crippen LogP contribution >= 0.6 is 0 Å². The minimum Gasteiger partial charge on any atom is -0.468 e. The van der Waals surface area contributed by atoms with Gasteiger partial charge in [-0.25, -0.2) is 0 Å². The van der Waals surface area contributed by atoms with Crippen LogP contribution in [0.5, 0.6) is 0 Å². The van der Waals surface area contributed by atoms with Gasteiger partial charge in [0.1, 0.15) is 5.92 Å². The van der Waals surface area contributed by atoms with Gasteiger partial charge in [0.15, 0.2) is 5.78 Å². The van der Waals surface area contributed by atoms with E-state index in [1.165, 1.54) is 7.11 Å². The summed E-state index contributed by atoms with van der Waals surface area (Å²) in [5, 5.41) is 0. The number of ether oxygens (including phenoxy) is 1. The van der Waals surface area contributed by atoms with Crippen molar-refractivity contribution in [2.24, 2.45) is 11.3 Å². The SMILES string of the molecule is COC(=O)C1C(=O)C2CCC1N2C(=O)C(C)(C)C. The number of amides is 1. The van der Waals surface area contributed by atoms with Gasteiger partial charge in [-0.05, 0) is 12.8 Å². The van der Waals surface area contributed by atoms with Crippen LogP contribution in [0.15, 0.2) is 0 Å². The topological polar surface area (TPSA) is 63.7 Å². The van der Waals surface area contributed by atoms with Crippen LogP contribution in [-0.2, 0) is 19.1 Å². The number of fused-ring (bicyclic) bond motifs is 2. The highest BCUT2D eigenvalue weighted by Gasteiger charge is 2.58. The van der Waals surface area contributed by atoms with E-state index in [1.54, 1.807) is 4.90 Å². The summed E-state index contributed by atoms with van der Waals surface area (Å²) in [7, 11) is 1.28. The molecule has 0 aromatic carbocycles. The molecule has 3 unspecified atom stereocenters.